The van der Waals surface area contributed by atoms with Crippen LogP contribution in [0.1, 0.15) is 41.1 Å². The number of amides is 1. The van der Waals surface area contributed by atoms with Crippen molar-refractivity contribution < 1.29 is 18.3 Å². The van der Waals surface area contributed by atoms with Crippen molar-refractivity contribution in [3.63, 3.8) is 0 Å². The van der Waals surface area contributed by atoms with Crippen LogP contribution in [0.25, 0.3) is 11.0 Å². The Hall–Kier alpha value is -4.07. The third-order valence-electron chi connectivity index (χ3n) is 5.27. The van der Waals surface area contributed by atoms with Gasteiger partial charge < -0.3 is 9.15 Å². The molecule has 0 N–H and O–H groups in total. The van der Waals surface area contributed by atoms with Gasteiger partial charge in [0.25, 0.3) is 5.91 Å². The van der Waals surface area contributed by atoms with Crippen molar-refractivity contribution in [3.8, 4) is 5.75 Å². The lowest BCUT2D eigenvalue weighted by molar-refractivity contribution is 0.0969. The zero-order valence-corrected chi connectivity index (χ0v) is 17.1. The number of carbonyl (C=O) groups excluding carboxylic acids is 1. The summed E-state index contributed by atoms with van der Waals surface area (Å²) in [6.45, 7) is 2.59. The summed E-state index contributed by atoms with van der Waals surface area (Å²) in [7, 11) is 0. The van der Waals surface area contributed by atoms with E-state index in [0.717, 1.165) is 12.5 Å². The van der Waals surface area contributed by atoms with Gasteiger partial charge in [0.1, 0.15) is 17.1 Å². The third-order valence-corrected chi connectivity index (χ3v) is 5.27. The quantitative estimate of drug-likeness (QED) is 0.469. The van der Waals surface area contributed by atoms with E-state index in [1.807, 2.05) is 6.92 Å². The van der Waals surface area contributed by atoms with Crippen molar-refractivity contribution in [2.75, 3.05) is 11.5 Å². The molecule has 1 aliphatic rings. The molecule has 8 heteroatoms. The Kier molecular flexibility index (Phi) is 4.89. The van der Waals surface area contributed by atoms with Crippen LogP contribution in [0.3, 0.4) is 0 Å². The van der Waals surface area contributed by atoms with E-state index in [-0.39, 0.29) is 28.2 Å². The topological polar surface area (TPSA) is 85.5 Å². The smallest absolute Gasteiger partial charge is 0.297 e. The standard InChI is InChI=1S/C24H18FN3O4/c1-2-12-31-16-7-4-14(5-8-16)20-19-21(29)17-13-15(25)6-9-18(17)32-22(19)23(30)28(20)24-26-10-3-11-27-24/h3-11,13,20H,2,12H2,1H3. The fourth-order valence-electron chi connectivity index (χ4n) is 3.85. The highest BCUT2D eigenvalue weighted by Gasteiger charge is 2.44. The summed E-state index contributed by atoms with van der Waals surface area (Å²) >= 11 is 0. The lowest BCUT2D eigenvalue weighted by Crippen LogP contribution is -2.31. The number of hydrogen-bond acceptors (Lipinski definition) is 6. The van der Waals surface area contributed by atoms with Crippen LogP contribution in [0.15, 0.2) is 70.1 Å². The van der Waals surface area contributed by atoms with Gasteiger partial charge in [-0.15, -0.1) is 0 Å². The summed E-state index contributed by atoms with van der Waals surface area (Å²) in [6, 6.07) is 11.6. The highest BCUT2D eigenvalue weighted by molar-refractivity contribution is 6.09. The first-order valence-corrected chi connectivity index (χ1v) is 10.2. The average molecular weight is 431 g/mol. The Bertz CT molecular complexity index is 1370. The van der Waals surface area contributed by atoms with Crippen molar-refractivity contribution in [2.24, 2.45) is 0 Å². The molecule has 1 atom stereocenters. The molecule has 7 nitrogen and oxygen atoms in total. The van der Waals surface area contributed by atoms with Gasteiger partial charge in [0.2, 0.25) is 11.7 Å². The molecular weight excluding hydrogens is 413 g/mol. The van der Waals surface area contributed by atoms with Gasteiger partial charge in [-0.2, -0.15) is 0 Å². The van der Waals surface area contributed by atoms with Crippen molar-refractivity contribution in [1.82, 2.24) is 9.97 Å². The van der Waals surface area contributed by atoms with E-state index in [2.05, 4.69) is 9.97 Å². The van der Waals surface area contributed by atoms with E-state index in [4.69, 9.17) is 9.15 Å². The molecule has 2 aromatic heterocycles. The van der Waals surface area contributed by atoms with Gasteiger partial charge >= 0.3 is 0 Å². The second-order valence-electron chi connectivity index (χ2n) is 7.36. The van der Waals surface area contributed by atoms with Crippen LogP contribution >= 0.6 is 0 Å². The average Bonchev–Trinajstić information content (AvgIpc) is 3.11. The molecule has 160 valence electrons. The van der Waals surface area contributed by atoms with Gasteiger partial charge in [-0.1, -0.05) is 19.1 Å². The first-order chi connectivity index (χ1) is 15.6. The van der Waals surface area contributed by atoms with Crippen molar-refractivity contribution >= 4 is 22.8 Å². The van der Waals surface area contributed by atoms with Crippen LogP contribution in [-0.4, -0.2) is 22.5 Å². The number of anilines is 1. The van der Waals surface area contributed by atoms with E-state index in [0.29, 0.717) is 17.9 Å². The summed E-state index contributed by atoms with van der Waals surface area (Å²) in [4.78, 5) is 36.5. The number of carbonyl (C=O) groups is 1. The van der Waals surface area contributed by atoms with Gasteiger partial charge in [-0.3, -0.25) is 14.5 Å². The van der Waals surface area contributed by atoms with E-state index < -0.39 is 23.2 Å². The van der Waals surface area contributed by atoms with E-state index in [1.165, 1.54) is 29.4 Å². The fourth-order valence-corrected chi connectivity index (χ4v) is 3.85. The van der Waals surface area contributed by atoms with Gasteiger partial charge in [0.15, 0.2) is 5.43 Å². The molecule has 0 aliphatic carbocycles. The van der Waals surface area contributed by atoms with Crippen LogP contribution in [0.2, 0.25) is 0 Å². The molecule has 5 rings (SSSR count). The number of benzene rings is 2. The Morgan fingerprint density at radius 2 is 1.84 bits per heavy atom. The normalized spacial score (nSPS) is 15.2. The number of fused-ring (bicyclic) bond motifs is 2. The molecule has 0 bridgehead atoms. The number of halogens is 1. The van der Waals surface area contributed by atoms with Crippen molar-refractivity contribution in [2.45, 2.75) is 19.4 Å². The number of nitrogens with zero attached hydrogens (tertiary/aromatic N) is 3. The number of rotatable bonds is 5. The Morgan fingerprint density at radius 3 is 2.56 bits per heavy atom. The molecule has 0 spiro atoms. The molecule has 4 aromatic rings. The van der Waals surface area contributed by atoms with Gasteiger partial charge in [0.05, 0.1) is 23.6 Å². The Labute approximate surface area is 182 Å². The summed E-state index contributed by atoms with van der Waals surface area (Å²) in [5.41, 5.74) is 0.449. The molecule has 0 saturated carbocycles. The molecule has 0 saturated heterocycles. The summed E-state index contributed by atoms with van der Waals surface area (Å²) in [5.74, 6) is -0.389. The van der Waals surface area contributed by atoms with Crippen LogP contribution in [0.5, 0.6) is 5.75 Å². The molecular formula is C24H18FN3O4. The van der Waals surface area contributed by atoms with E-state index in [9.17, 15) is 14.0 Å². The SMILES string of the molecule is CCCOc1ccc(C2c3c(oc4ccc(F)cc4c3=O)C(=O)N2c2ncccn2)cc1. The van der Waals surface area contributed by atoms with Crippen molar-refractivity contribution in [1.29, 1.82) is 0 Å². The van der Waals surface area contributed by atoms with Crippen LogP contribution in [0.4, 0.5) is 10.3 Å². The fraction of sp³-hybridized carbons (Fsp3) is 0.167. The first-order valence-electron chi connectivity index (χ1n) is 10.2. The Morgan fingerprint density at radius 1 is 1.09 bits per heavy atom. The number of hydrogen-bond donors (Lipinski definition) is 0. The molecule has 1 aliphatic heterocycles. The zero-order valence-electron chi connectivity index (χ0n) is 17.1. The second kappa shape index (κ2) is 7.88. The molecule has 3 heterocycles. The van der Waals surface area contributed by atoms with Crippen molar-refractivity contribution in [3.05, 3.63) is 93.9 Å². The maximum atomic E-state index is 13.9. The molecule has 32 heavy (non-hydrogen) atoms. The third kappa shape index (κ3) is 3.20. The van der Waals surface area contributed by atoms with E-state index >= 15 is 0 Å². The second-order valence-corrected chi connectivity index (χ2v) is 7.36. The minimum Gasteiger partial charge on any atom is -0.494 e. The van der Waals surface area contributed by atoms with Gasteiger partial charge in [-0.25, -0.2) is 14.4 Å². The van der Waals surface area contributed by atoms with Crippen LogP contribution in [-0.2, 0) is 0 Å². The zero-order chi connectivity index (χ0) is 22.2. The highest BCUT2D eigenvalue weighted by Crippen LogP contribution is 2.40. The highest BCUT2D eigenvalue weighted by atomic mass is 19.1. The maximum absolute atomic E-state index is 13.9. The van der Waals surface area contributed by atoms with Gasteiger partial charge in [0, 0.05) is 12.4 Å². The lowest BCUT2D eigenvalue weighted by atomic mass is 9.98. The largest absolute Gasteiger partial charge is 0.494 e. The molecule has 2 aromatic carbocycles. The van der Waals surface area contributed by atoms with Gasteiger partial charge in [-0.05, 0) is 48.4 Å². The predicted molar refractivity (Wildman–Crippen MR) is 115 cm³/mol. The Balaban J connectivity index is 1.72. The predicted octanol–water partition coefficient (Wildman–Crippen LogP) is 4.26. The number of ether oxygens (including phenoxy) is 1. The molecule has 1 amide bonds. The van der Waals surface area contributed by atoms with E-state index in [1.54, 1.807) is 30.3 Å². The number of aromatic nitrogens is 2. The van der Waals surface area contributed by atoms with Crippen LogP contribution < -0.4 is 15.1 Å². The minimum atomic E-state index is -0.830. The molecule has 1 unspecified atom stereocenters. The molecule has 0 fully saturated rings. The summed E-state index contributed by atoms with van der Waals surface area (Å²) < 4.78 is 25.3. The maximum Gasteiger partial charge on any atom is 0.297 e. The monoisotopic (exact) mass is 431 g/mol. The minimum absolute atomic E-state index is 0.0697. The first kappa shape index (κ1) is 19.9. The summed E-state index contributed by atoms with van der Waals surface area (Å²) in [5, 5.41) is 0.0697. The van der Waals surface area contributed by atoms with Crippen LogP contribution in [0, 0.1) is 5.82 Å². The summed E-state index contributed by atoms with van der Waals surface area (Å²) in [6.07, 6.45) is 3.90. The lowest BCUT2D eigenvalue weighted by Gasteiger charge is -2.23. The molecule has 0 radical (unpaired) electrons.